The van der Waals surface area contributed by atoms with Crippen molar-refractivity contribution in [3.05, 3.63) is 72.9 Å². The van der Waals surface area contributed by atoms with Gasteiger partial charge < -0.3 is 15.5 Å². The van der Waals surface area contributed by atoms with Gasteiger partial charge in [-0.25, -0.2) is 0 Å². The lowest BCUT2D eigenvalue weighted by atomic mass is 10.1. The van der Waals surface area contributed by atoms with Crippen molar-refractivity contribution in [2.24, 2.45) is 0 Å². The molecular weight excluding hydrogens is 566 g/mol. The minimum absolute atomic E-state index is 0.0874. The van der Waals surface area contributed by atoms with E-state index in [4.69, 9.17) is 0 Å². The first-order valence-electron chi connectivity index (χ1n) is 19.2. The zero-order valence-corrected chi connectivity index (χ0v) is 30.1. The fourth-order valence-corrected chi connectivity index (χ4v) is 5.24. The molecule has 4 heteroatoms. The van der Waals surface area contributed by atoms with E-state index >= 15 is 0 Å². The highest BCUT2D eigenvalue weighted by Gasteiger charge is 2.17. The Hall–Kier alpha value is -2.17. The monoisotopic (exact) mass is 640 g/mol. The fraction of sp³-hybridized carbons (Fsp3) is 0.690. The molecule has 0 aromatic heterocycles. The van der Waals surface area contributed by atoms with Crippen molar-refractivity contribution in [2.45, 2.75) is 180 Å². The topological polar surface area (TPSA) is 69.6 Å². The second kappa shape index (κ2) is 37.3. The Kier molecular flexibility index (Phi) is 35.5. The summed E-state index contributed by atoms with van der Waals surface area (Å²) in [5.74, 6) is -0.0874. The van der Waals surface area contributed by atoms with Crippen LogP contribution in [0.3, 0.4) is 0 Å². The van der Waals surface area contributed by atoms with Crippen LogP contribution in [0.5, 0.6) is 0 Å². The van der Waals surface area contributed by atoms with Crippen LogP contribution in [0, 0.1) is 0 Å². The first kappa shape index (κ1) is 43.8. The van der Waals surface area contributed by atoms with E-state index in [2.05, 4.69) is 79.9 Å². The largest absolute Gasteiger partial charge is 0.394 e. The molecule has 1 amide bonds. The molecule has 0 fully saturated rings. The molecule has 0 aromatic carbocycles. The van der Waals surface area contributed by atoms with Crippen LogP contribution in [-0.4, -0.2) is 34.9 Å². The predicted molar refractivity (Wildman–Crippen MR) is 202 cm³/mol. The molecule has 2 unspecified atom stereocenters. The molecule has 2 atom stereocenters. The van der Waals surface area contributed by atoms with Gasteiger partial charge in [-0.2, -0.15) is 0 Å². The third-order valence-corrected chi connectivity index (χ3v) is 8.17. The highest BCUT2D eigenvalue weighted by molar-refractivity contribution is 5.76. The van der Waals surface area contributed by atoms with E-state index in [9.17, 15) is 15.0 Å². The maximum absolute atomic E-state index is 12.3. The van der Waals surface area contributed by atoms with Crippen molar-refractivity contribution in [2.75, 3.05) is 6.61 Å². The number of aliphatic hydroxyl groups excluding tert-OH is 2. The van der Waals surface area contributed by atoms with E-state index in [0.29, 0.717) is 6.42 Å². The van der Waals surface area contributed by atoms with Crippen molar-refractivity contribution in [1.82, 2.24) is 5.32 Å². The van der Waals surface area contributed by atoms with Gasteiger partial charge >= 0.3 is 0 Å². The van der Waals surface area contributed by atoms with Crippen LogP contribution in [0.15, 0.2) is 72.9 Å². The molecule has 0 aliphatic carbocycles. The summed E-state index contributed by atoms with van der Waals surface area (Å²) >= 11 is 0. The van der Waals surface area contributed by atoms with Gasteiger partial charge in [-0.05, 0) is 70.6 Å². The van der Waals surface area contributed by atoms with Crippen molar-refractivity contribution in [3.8, 4) is 0 Å². The minimum atomic E-state index is -0.867. The zero-order valence-electron chi connectivity index (χ0n) is 30.1. The molecule has 0 aromatic rings. The summed E-state index contributed by atoms with van der Waals surface area (Å²) in [4.78, 5) is 12.3. The molecule has 0 aliphatic heterocycles. The molecule has 0 heterocycles. The van der Waals surface area contributed by atoms with E-state index in [1.165, 1.54) is 83.5 Å². The lowest BCUT2D eigenvalue weighted by Gasteiger charge is -2.19. The number of carbonyl (C=O) groups is 1. The SMILES string of the molecule is CC/C=C\C/C=C\C/C=C\C/C=C\CCCCCCCCCCC(=O)NC(CO)C(O)/C=C/CC/C=C/CCCCCCCCC. The molecule has 0 rings (SSSR count). The smallest absolute Gasteiger partial charge is 0.220 e. The average Bonchev–Trinajstić information content (AvgIpc) is 3.06. The van der Waals surface area contributed by atoms with E-state index in [-0.39, 0.29) is 12.5 Å². The number of hydrogen-bond donors (Lipinski definition) is 3. The Morgan fingerprint density at radius 2 is 0.978 bits per heavy atom. The number of unbranched alkanes of at least 4 members (excludes halogenated alkanes) is 16. The van der Waals surface area contributed by atoms with E-state index in [1.54, 1.807) is 6.08 Å². The second-order valence-corrected chi connectivity index (χ2v) is 12.6. The number of amides is 1. The third-order valence-electron chi connectivity index (χ3n) is 8.17. The van der Waals surface area contributed by atoms with Crippen molar-refractivity contribution in [1.29, 1.82) is 0 Å². The summed E-state index contributed by atoms with van der Waals surface area (Å²) in [6.45, 7) is 4.15. The lowest BCUT2D eigenvalue weighted by Crippen LogP contribution is -2.45. The van der Waals surface area contributed by atoms with Gasteiger partial charge in [0, 0.05) is 6.42 Å². The predicted octanol–water partition coefficient (Wildman–Crippen LogP) is 11.6. The van der Waals surface area contributed by atoms with Gasteiger partial charge in [0.1, 0.15) is 0 Å². The number of carbonyl (C=O) groups excluding carboxylic acids is 1. The molecule has 4 nitrogen and oxygen atoms in total. The van der Waals surface area contributed by atoms with Gasteiger partial charge in [0.25, 0.3) is 0 Å². The molecule has 46 heavy (non-hydrogen) atoms. The van der Waals surface area contributed by atoms with Crippen LogP contribution in [-0.2, 0) is 4.79 Å². The average molecular weight is 640 g/mol. The Labute approximate surface area is 285 Å². The maximum atomic E-state index is 12.3. The standard InChI is InChI=1S/C42H73NO3/c1-3-5-7-9-11-13-15-17-18-19-20-21-22-23-24-26-28-30-32-34-36-38-42(46)43-40(39-44)41(45)37-35-33-31-29-27-25-16-14-12-10-8-6-4-2/h5,7,11,13,17-18,20-21,27,29,35,37,40-41,44-45H,3-4,6,8-10,12,14-16,19,22-26,28,30-34,36,38-39H2,1-2H3,(H,43,46)/b7-5-,13-11-,18-17-,21-20-,29-27+,37-35+. The number of rotatable bonds is 33. The van der Waals surface area contributed by atoms with Gasteiger partial charge in [-0.1, -0.05) is 164 Å². The van der Waals surface area contributed by atoms with Crippen LogP contribution < -0.4 is 5.32 Å². The van der Waals surface area contributed by atoms with Crippen molar-refractivity contribution in [3.63, 3.8) is 0 Å². The Balaban J connectivity index is 3.69. The van der Waals surface area contributed by atoms with Gasteiger partial charge in [-0.3, -0.25) is 4.79 Å². The van der Waals surface area contributed by atoms with Crippen molar-refractivity contribution < 1.29 is 15.0 Å². The van der Waals surface area contributed by atoms with Crippen molar-refractivity contribution >= 4 is 5.91 Å². The molecule has 0 spiro atoms. The van der Waals surface area contributed by atoms with Gasteiger partial charge in [0.15, 0.2) is 0 Å². The van der Waals surface area contributed by atoms with Gasteiger partial charge in [0.05, 0.1) is 18.8 Å². The molecule has 3 N–H and O–H groups in total. The number of nitrogens with one attached hydrogen (secondary N) is 1. The summed E-state index contributed by atoms with van der Waals surface area (Å²) < 4.78 is 0. The van der Waals surface area contributed by atoms with E-state index < -0.39 is 12.1 Å². The Morgan fingerprint density at radius 1 is 0.543 bits per heavy atom. The number of aliphatic hydroxyl groups is 2. The summed E-state index contributed by atoms with van der Waals surface area (Å²) in [5.41, 5.74) is 0. The Bertz CT molecular complexity index is 823. The van der Waals surface area contributed by atoms with Crippen LogP contribution >= 0.6 is 0 Å². The molecule has 0 bridgehead atoms. The fourth-order valence-electron chi connectivity index (χ4n) is 5.24. The van der Waals surface area contributed by atoms with Crippen LogP contribution in [0.4, 0.5) is 0 Å². The molecule has 0 saturated heterocycles. The number of allylic oxidation sites excluding steroid dienone is 11. The summed E-state index contributed by atoms with van der Waals surface area (Å²) in [6.07, 6.45) is 52.7. The Morgan fingerprint density at radius 3 is 1.52 bits per heavy atom. The van der Waals surface area contributed by atoms with Gasteiger partial charge in [-0.15, -0.1) is 0 Å². The third kappa shape index (κ3) is 33.2. The van der Waals surface area contributed by atoms with Crippen LogP contribution in [0.25, 0.3) is 0 Å². The second-order valence-electron chi connectivity index (χ2n) is 12.6. The summed E-state index contributed by atoms with van der Waals surface area (Å²) in [6, 6.07) is -0.645. The first-order valence-corrected chi connectivity index (χ1v) is 19.2. The van der Waals surface area contributed by atoms with Gasteiger partial charge in [0.2, 0.25) is 5.91 Å². The lowest BCUT2D eigenvalue weighted by molar-refractivity contribution is -0.123. The highest BCUT2D eigenvalue weighted by Crippen LogP contribution is 2.12. The molecular formula is C42H73NO3. The number of hydrogen-bond acceptors (Lipinski definition) is 3. The van der Waals surface area contributed by atoms with Crippen LogP contribution in [0.1, 0.15) is 168 Å². The maximum Gasteiger partial charge on any atom is 0.220 e. The first-order chi connectivity index (χ1) is 22.7. The van der Waals surface area contributed by atoms with Crippen LogP contribution in [0.2, 0.25) is 0 Å². The molecule has 0 saturated carbocycles. The summed E-state index contributed by atoms with van der Waals surface area (Å²) in [5, 5.41) is 22.9. The summed E-state index contributed by atoms with van der Waals surface area (Å²) in [7, 11) is 0. The normalized spacial score (nSPS) is 13.9. The van der Waals surface area contributed by atoms with E-state index in [0.717, 1.165) is 64.2 Å². The molecule has 0 aliphatic rings. The molecule has 264 valence electrons. The highest BCUT2D eigenvalue weighted by atomic mass is 16.3. The minimum Gasteiger partial charge on any atom is -0.394 e. The van der Waals surface area contributed by atoms with E-state index in [1.807, 2.05) is 6.08 Å². The molecule has 0 radical (unpaired) electrons. The zero-order chi connectivity index (χ0) is 33.6. The quantitative estimate of drug-likeness (QED) is 0.0494.